The number of para-hydroxylation sites is 1. The van der Waals surface area contributed by atoms with Crippen molar-refractivity contribution in [2.75, 3.05) is 34.4 Å². The number of methoxy groups -OCH3 is 1. The topological polar surface area (TPSA) is 33.7 Å². The first-order valence-corrected chi connectivity index (χ1v) is 7.56. The summed E-state index contributed by atoms with van der Waals surface area (Å²) in [5.41, 5.74) is 4.95. The smallest absolute Gasteiger partial charge is 0.126 e. The molecule has 0 aliphatic heterocycles. The fourth-order valence-corrected chi connectivity index (χ4v) is 2.12. The first kappa shape index (κ1) is 18.3. The van der Waals surface area contributed by atoms with E-state index in [9.17, 15) is 0 Å². The monoisotopic (exact) mass is 304 g/mol. The molecule has 122 valence electrons. The first-order chi connectivity index (χ1) is 10.6. The van der Waals surface area contributed by atoms with E-state index < -0.39 is 0 Å². The number of hydrogen-bond donors (Lipinski definition) is 1. The normalized spacial score (nSPS) is 13.6. The Kier molecular flexibility index (Phi) is 8.33. The number of allylic oxidation sites excluding steroid dienone is 2. The number of nitrogens with one attached hydrogen (secondary N) is 1. The fourth-order valence-electron chi connectivity index (χ4n) is 2.12. The molecule has 4 heteroatoms. The van der Waals surface area contributed by atoms with Crippen LogP contribution in [0.1, 0.15) is 19.4 Å². The summed E-state index contributed by atoms with van der Waals surface area (Å²) in [5.74, 6) is 1.33. The van der Waals surface area contributed by atoms with Crippen LogP contribution in [0.25, 0.3) is 6.08 Å². The number of hydroxylamine groups is 1. The van der Waals surface area contributed by atoms with Crippen LogP contribution < -0.4 is 10.2 Å². The Morgan fingerprint density at radius 2 is 2.05 bits per heavy atom. The van der Waals surface area contributed by atoms with Crippen LogP contribution in [0, 0.1) is 5.92 Å². The number of ether oxygens (including phenoxy) is 1. The molecule has 1 rings (SSSR count). The highest BCUT2D eigenvalue weighted by atomic mass is 16.6. The minimum atomic E-state index is 0.471. The van der Waals surface area contributed by atoms with Crippen molar-refractivity contribution in [2.24, 2.45) is 5.92 Å². The Hall–Kier alpha value is -1.78. The third-order valence-corrected chi connectivity index (χ3v) is 3.13. The van der Waals surface area contributed by atoms with Crippen molar-refractivity contribution in [3.8, 4) is 5.75 Å². The van der Waals surface area contributed by atoms with Gasteiger partial charge in [-0.25, -0.2) is 0 Å². The highest BCUT2D eigenvalue weighted by Crippen LogP contribution is 2.19. The van der Waals surface area contributed by atoms with Crippen molar-refractivity contribution in [3.63, 3.8) is 0 Å². The van der Waals surface area contributed by atoms with E-state index in [2.05, 4.69) is 31.4 Å². The SMILES string of the molecule is CC=C(C=Cc1ccccc1OC)NOCC(C)CN(C)C. The summed E-state index contributed by atoms with van der Waals surface area (Å²) < 4.78 is 5.33. The minimum absolute atomic E-state index is 0.471. The molecule has 0 saturated carbocycles. The van der Waals surface area contributed by atoms with Gasteiger partial charge in [-0.2, -0.15) is 0 Å². The van der Waals surface area contributed by atoms with Crippen molar-refractivity contribution in [2.45, 2.75) is 13.8 Å². The van der Waals surface area contributed by atoms with Crippen molar-refractivity contribution in [3.05, 3.63) is 47.7 Å². The van der Waals surface area contributed by atoms with Crippen LogP contribution in [-0.4, -0.2) is 39.3 Å². The van der Waals surface area contributed by atoms with Crippen LogP contribution in [0.3, 0.4) is 0 Å². The Morgan fingerprint density at radius 3 is 2.68 bits per heavy atom. The Bertz CT molecular complexity index is 496. The molecule has 0 aromatic heterocycles. The van der Waals surface area contributed by atoms with Crippen LogP contribution in [0.2, 0.25) is 0 Å². The minimum Gasteiger partial charge on any atom is -0.496 e. The third-order valence-electron chi connectivity index (χ3n) is 3.13. The number of hydrogen-bond acceptors (Lipinski definition) is 4. The van der Waals surface area contributed by atoms with Crippen LogP contribution in [0.5, 0.6) is 5.75 Å². The van der Waals surface area contributed by atoms with E-state index in [1.54, 1.807) is 7.11 Å². The predicted molar refractivity (Wildman–Crippen MR) is 92.6 cm³/mol. The molecule has 0 saturated heterocycles. The lowest BCUT2D eigenvalue weighted by atomic mass is 10.2. The molecule has 1 aromatic rings. The summed E-state index contributed by atoms with van der Waals surface area (Å²) in [5, 5.41) is 0. The predicted octanol–water partition coefficient (Wildman–Crippen LogP) is 3.33. The fraction of sp³-hybridized carbons (Fsp3) is 0.444. The molecule has 0 aliphatic carbocycles. The molecule has 1 atom stereocenters. The van der Waals surface area contributed by atoms with E-state index in [1.807, 2.05) is 49.4 Å². The van der Waals surface area contributed by atoms with Gasteiger partial charge in [0.25, 0.3) is 0 Å². The van der Waals surface area contributed by atoms with E-state index in [-0.39, 0.29) is 0 Å². The highest BCUT2D eigenvalue weighted by molar-refractivity contribution is 5.59. The molecule has 4 nitrogen and oxygen atoms in total. The van der Waals surface area contributed by atoms with Crippen LogP contribution in [0.15, 0.2) is 42.1 Å². The first-order valence-electron chi connectivity index (χ1n) is 7.56. The van der Waals surface area contributed by atoms with Crippen molar-refractivity contribution >= 4 is 6.08 Å². The average molecular weight is 304 g/mol. The molecule has 0 amide bonds. The van der Waals surface area contributed by atoms with Gasteiger partial charge < -0.3 is 9.64 Å². The summed E-state index contributed by atoms with van der Waals surface area (Å²) in [6, 6.07) is 7.91. The zero-order valence-electron chi connectivity index (χ0n) is 14.3. The molecule has 1 aromatic carbocycles. The Labute approximate surface area is 134 Å². The van der Waals surface area contributed by atoms with Crippen LogP contribution >= 0.6 is 0 Å². The lowest BCUT2D eigenvalue weighted by Crippen LogP contribution is -2.25. The zero-order chi connectivity index (χ0) is 16.4. The molecule has 0 radical (unpaired) electrons. The standard InChI is InChI=1S/C18H28N2O2/c1-6-17(19-22-14-15(2)13-20(3)4)12-11-16-9-7-8-10-18(16)21-5/h6-12,15,19H,13-14H2,1-5H3. The molecule has 1 unspecified atom stereocenters. The molecule has 0 aliphatic rings. The average Bonchev–Trinajstić information content (AvgIpc) is 2.50. The summed E-state index contributed by atoms with van der Waals surface area (Å²) in [4.78, 5) is 7.73. The van der Waals surface area contributed by atoms with Crippen LogP contribution in [-0.2, 0) is 4.84 Å². The van der Waals surface area contributed by atoms with E-state index in [0.29, 0.717) is 12.5 Å². The zero-order valence-corrected chi connectivity index (χ0v) is 14.3. The largest absolute Gasteiger partial charge is 0.496 e. The maximum Gasteiger partial charge on any atom is 0.126 e. The van der Waals surface area contributed by atoms with Gasteiger partial charge in [-0.3, -0.25) is 10.3 Å². The molecule has 0 fully saturated rings. The molecule has 0 heterocycles. The molecular formula is C18H28N2O2. The molecular weight excluding hydrogens is 276 g/mol. The van der Waals surface area contributed by atoms with Gasteiger partial charge in [-0.1, -0.05) is 31.2 Å². The van der Waals surface area contributed by atoms with Gasteiger partial charge in [-0.15, -0.1) is 0 Å². The van der Waals surface area contributed by atoms with E-state index >= 15 is 0 Å². The summed E-state index contributed by atoms with van der Waals surface area (Å²) in [6.45, 7) is 5.81. The van der Waals surface area contributed by atoms with Crippen molar-refractivity contribution in [1.29, 1.82) is 0 Å². The molecule has 1 N–H and O–H groups in total. The summed E-state index contributed by atoms with van der Waals surface area (Å²) in [7, 11) is 5.81. The van der Waals surface area contributed by atoms with Crippen molar-refractivity contribution < 1.29 is 9.57 Å². The second kappa shape index (κ2) is 10.0. The Morgan fingerprint density at radius 1 is 1.32 bits per heavy atom. The highest BCUT2D eigenvalue weighted by Gasteiger charge is 2.04. The maximum atomic E-state index is 5.57. The van der Waals surface area contributed by atoms with Gasteiger partial charge in [-0.05, 0) is 45.2 Å². The Balaban J connectivity index is 2.50. The lowest BCUT2D eigenvalue weighted by Gasteiger charge is -2.17. The number of nitrogens with zero attached hydrogens (tertiary/aromatic N) is 1. The quantitative estimate of drug-likeness (QED) is 0.560. The van der Waals surface area contributed by atoms with Gasteiger partial charge in [0.15, 0.2) is 0 Å². The molecule has 0 bridgehead atoms. The second-order valence-electron chi connectivity index (χ2n) is 5.60. The third kappa shape index (κ3) is 6.78. The number of rotatable bonds is 9. The summed E-state index contributed by atoms with van der Waals surface area (Å²) in [6.07, 6.45) is 5.96. The lowest BCUT2D eigenvalue weighted by molar-refractivity contribution is 0.0364. The molecule has 0 spiro atoms. The van der Waals surface area contributed by atoms with Gasteiger partial charge in [0.05, 0.1) is 19.4 Å². The van der Waals surface area contributed by atoms with Gasteiger partial charge in [0, 0.05) is 12.1 Å². The van der Waals surface area contributed by atoms with E-state index in [4.69, 9.17) is 9.57 Å². The summed E-state index contributed by atoms with van der Waals surface area (Å²) >= 11 is 0. The van der Waals surface area contributed by atoms with Crippen molar-refractivity contribution in [1.82, 2.24) is 10.4 Å². The number of benzene rings is 1. The van der Waals surface area contributed by atoms with Gasteiger partial charge >= 0.3 is 0 Å². The van der Waals surface area contributed by atoms with E-state index in [0.717, 1.165) is 23.6 Å². The second-order valence-corrected chi connectivity index (χ2v) is 5.60. The molecule has 22 heavy (non-hydrogen) atoms. The van der Waals surface area contributed by atoms with Crippen LogP contribution in [0.4, 0.5) is 0 Å². The maximum absolute atomic E-state index is 5.57. The van der Waals surface area contributed by atoms with Gasteiger partial charge in [0.2, 0.25) is 0 Å². The van der Waals surface area contributed by atoms with E-state index in [1.165, 1.54) is 0 Å². The van der Waals surface area contributed by atoms with Gasteiger partial charge in [0.1, 0.15) is 5.75 Å².